The topological polar surface area (TPSA) is 21.3 Å². The normalized spacial score (nSPS) is 21.5. The Bertz CT molecular complexity index is 378. The highest BCUT2D eigenvalue weighted by molar-refractivity contribution is 6.42. The van der Waals surface area contributed by atoms with Crippen LogP contribution in [0.4, 0.5) is 0 Å². The van der Waals surface area contributed by atoms with Gasteiger partial charge in [0.15, 0.2) is 0 Å². The Balaban J connectivity index is 2.09. The van der Waals surface area contributed by atoms with Gasteiger partial charge in [0.2, 0.25) is 0 Å². The van der Waals surface area contributed by atoms with Gasteiger partial charge in [-0.15, -0.1) is 0 Å². The summed E-state index contributed by atoms with van der Waals surface area (Å²) in [6.07, 6.45) is 2.35. The molecule has 17 heavy (non-hydrogen) atoms. The molecular formula is C13H17Cl2NO. The van der Waals surface area contributed by atoms with E-state index in [4.69, 9.17) is 27.9 Å². The molecule has 1 aromatic rings. The van der Waals surface area contributed by atoms with E-state index in [1.54, 1.807) is 6.07 Å². The molecule has 0 aliphatic carbocycles. The van der Waals surface area contributed by atoms with E-state index in [1.807, 2.05) is 12.1 Å². The second-order valence-electron chi connectivity index (χ2n) is 4.37. The average Bonchev–Trinajstić information content (AvgIpc) is 2.85. The fourth-order valence-electron chi connectivity index (χ4n) is 2.25. The van der Waals surface area contributed by atoms with Crippen LogP contribution in [0.1, 0.15) is 19.8 Å². The Labute approximate surface area is 112 Å². The Hall–Kier alpha value is -0.440. The summed E-state index contributed by atoms with van der Waals surface area (Å²) in [5.74, 6) is 1.26. The Morgan fingerprint density at radius 2 is 2.29 bits per heavy atom. The Morgan fingerprint density at radius 1 is 1.47 bits per heavy atom. The summed E-state index contributed by atoms with van der Waals surface area (Å²) >= 11 is 12.1. The molecule has 1 aliphatic rings. The van der Waals surface area contributed by atoms with Gasteiger partial charge in [-0.05, 0) is 31.5 Å². The summed E-state index contributed by atoms with van der Waals surface area (Å²) in [6, 6.07) is 5.51. The van der Waals surface area contributed by atoms with Crippen LogP contribution in [0.25, 0.3) is 0 Å². The fourth-order valence-corrected chi connectivity index (χ4v) is 2.58. The van der Waals surface area contributed by atoms with Crippen LogP contribution in [0.3, 0.4) is 0 Å². The van der Waals surface area contributed by atoms with E-state index in [1.165, 1.54) is 0 Å². The van der Waals surface area contributed by atoms with E-state index in [2.05, 4.69) is 12.2 Å². The molecule has 4 heteroatoms. The minimum absolute atomic E-state index is 0.209. The zero-order valence-corrected chi connectivity index (χ0v) is 11.4. The van der Waals surface area contributed by atoms with Gasteiger partial charge in [-0.25, -0.2) is 0 Å². The molecule has 2 atom stereocenters. The monoisotopic (exact) mass is 273 g/mol. The van der Waals surface area contributed by atoms with Gasteiger partial charge in [0.05, 0.1) is 5.02 Å². The van der Waals surface area contributed by atoms with Crippen molar-refractivity contribution in [1.82, 2.24) is 5.32 Å². The molecule has 1 heterocycles. The quantitative estimate of drug-likeness (QED) is 0.902. The predicted molar refractivity (Wildman–Crippen MR) is 72.1 cm³/mol. The van der Waals surface area contributed by atoms with Crippen LogP contribution in [0.15, 0.2) is 18.2 Å². The predicted octanol–water partition coefficient (Wildman–Crippen LogP) is 3.76. The second-order valence-corrected chi connectivity index (χ2v) is 5.15. The van der Waals surface area contributed by atoms with Crippen LogP contribution in [0, 0.1) is 5.92 Å². The summed E-state index contributed by atoms with van der Waals surface area (Å²) in [7, 11) is 0. The van der Waals surface area contributed by atoms with Gasteiger partial charge in [-0.3, -0.25) is 0 Å². The van der Waals surface area contributed by atoms with Gasteiger partial charge in [0.25, 0.3) is 0 Å². The number of benzene rings is 1. The fraction of sp³-hybridized carbons (Fsp3) is 0.538. The number of hydrogen-bond acceptors (Lipinski definition) is 2. The summed E-state index contributed by atoms with van der Waals surface area (Å²) in [6.45, 7) is 4.24. The number of ether oxygens (including phenoxy) is 1. The van der Waals surface area contributed by atoms with Crippen LogP contribution in [0.5, 0.6) is 5.75 Å². The molecule has 1 N–H and O–H groups in total. The first-order valence-corrected chi connectivity index (χ1v) is 6.79. The Kier molecular flexibility index (Phi) is 4.55. The average molecular weight is 274 g/mol. The molecule has 0 bridgehead atoms. The van der Waals surface area contributed by atoms with Gasteiger partial charge in [0, 0.05) is 12.5 Å². The lowest BCUT2D eigenvalue weighted by molar-refractivity contribution is 0.138. The first-order valence-electron chi connectivity index (χ1n) is 6.03. The first kappa shape index (κ1) is 13.0. The van der Waals surface area contributed by atoms with Crippen LogP contribution in [-0.4, -0.2) is 19.2 Å². The van der Waals surface area contributed by atoms with Crippen molar-refractivity contribution in [2.75, 3.05) is 13.1 Å². The molecule has 0 radical (unpaired) electrons. The maximum atomic E-state index is 6.13. The van der Waals surface area contributed by atoms with Crippen LogP contribution in [-0.2, 0) is 0 Å². The van der Waals surface area contributed by atoms with Crippen molar-refractivity contribution in [2.24, 2.45) is 5.92 Å². The van der Waals surface area contributed by atoms with Crippen molar-refractivity contribution < 1.29 is 4.74 Å². The van der Waals surface area contributed by atoms with E-state index in [0.717, 1.165) is 25.9 Å². The standard InChI is InChI=1S/C13H17Cl2NO/c1-2-11(9-6-7-16-8-9)17-12-5-3-4-10(14)13(12)15/h3-5,9,11,16H,2,6-8H2,1H3/t9-,11-/m0/s1. The first-order chi connectivity index (χ1) is 8.22. The molecular weight excluding hydrogens is 257 g/mol. The highest BCUT2D eigenvalue weighted by atomic mass is 35.5. The van der Waals surface area contributed by atoms with Gasteiger partial charge in [0.1, 0.15) is 16.9 Å². The molecule has 1 aromatic carbocycles. The number of halogens is 2. The van der Waals surface area contributed by atoms with Crippen LogP contribution in [0.2, 0.25) is 10.0 Å². The number of nitrogens with one attached hydrogen (secondary N) is 1. The van der Waals surface area contributed by atoms with Crippen molar-refractivity contribution in [3.8, 4) is 5.75 Å². The third-order valence-corrected chi connectivity index (χ3v) is 4.02. The Morgan fingerprint density at radius 3 is 2.94 bits per heavy atom. The lowest BCUT2D eigenvalue weighted by Gasteiger charge is -2.23. The van der Waals surface area contributed by atoms with Crippen molar-refractivity contribution in [1.29, 1.82) is 0 Å². The highest BCUT2D eigenvalue weighted by Crippen LogP contribution is 2.33. The summed E-state index contributed by atoms with van der Waals surface area (Å²) in [5, 5.41) is 4.42. The minimum Gasteiger partial charge on any atom is -0.488 e. The van der Waals surface area contributed by atoms with E-state index < -0.39 is 0 Å². The maximum absolute atomic E-state index is 6.13. The lowest BCUT2D eigenvalue weighted by atomic mass is 9.99. The molecule has 0 unspecified atom stereocenters. The van der Waals surface area contributed by atoms with Crippen molar-refractivity contribution >= 4 is 23.2 Å². The van der Waals surface area contributed by atoms with E-state index >= 15 is 0 Å². The largest absolute Gasteiger partial charge is 0.488 e. The second kappa shape index (κ2) is 5.94. The molecule has 2 rings (SSSR count). The third-order valence-electron chi connectivity index (χ3n) is 3.22. The zero-order chi connectivity index (χ0) is 12.3. The highest BCUT2D eigenvalue weighted by Gasteiger charge is 2.25. The zero-order valence-electron chi connectivity index (χ0n) is 9.88. The molecule has 1 fully saturated rings. The van der Waals surface area contributed by atoms with Crippen LogP contribution >= 0.6 is 23.2 Å². The van der Waals surface area contributed by atoms with Crippen molar-refractivity contribution in [3.63, 3.8) is 0 Å². The van der Waals surface area contributed by atoms with Gasteiger partial charge < -0.3 is 10.1 Å². The van der Waals surface area contributed by atoms with E-state index in [-0.39, 0.29) is 6.10 Å². The third kappa shape index (κ3) is 3.06. The number of hydrogen-bond donors (Lipinski definition) is 1. The van der Waals surface area contributed by atoms with Crippen molar-refractivity contribution in [2.45, 2.75) is 25.9 Å². The maximum Gasteiger partial charge on any atom is 0.139 e. The smallest absolute Gasteiger partial charge is 0.139 e. The SMILES string of the molecule is CC[C@H](Oc1cccc(Cl)c1Cl)[C@H]1CCNC1. The summed E-state index contributed by atoms with van der Waals surface area (Å²) in [5.41, 5.74) is 0. The van der Waals surface area contributed by atoms with E-state index in [9.17, 15) is 0 Å². The van der Waals surface area contributed by atoms with Gasteiger partial charge in [-0.1, -0.05) is 36.2 Å². The number of rotatable bonds is 4. The summed E-state index contributed by atoms with van der Waals surface area (Å²) < 4.78 is 6.00. The van der Waals surface area contributed by atoms with Crippen molar-refractivity contribution in [3.05, 3.63) is 28.2 Å². The molecule has 0 spiro atoms. The van der Waals surface area contributed by atoms with Gasteiger partial charge >= 0.3 is 0 Å². The molecule has 94 valence electrons. The molecule has 0 aromatic heterocycles. The minimum atomic E-state index is 0.209. The molecule has 0 saturated carbocycles. The molecule has 1 aliphatic heterocycles. The van der Waals surface area contributed by atoms with Gasteiger partial charge in [-0.2, -0.15) is 0 Å². The summed E-state index contributed by atoms with van der Waals surface area (Å²) in [4.78, 5) is 0. The molecule has 1 saturated heterocycles. The lowest BCUT2D eigenvalue weighted by Crippen LogP contribution is -2.28. The molecule has 0 amide bonds. The molecule has 2 nitrogen and oxygen atoms in total. The van der Waals surface area contributed by atoms with E-state index in [0.29, 0.717) is 21.7 Å². The van der Waals surface area contributed by atoms with Crippen LogP contribution < -0.4 is 10.1 Å².